The summed E-state index contributed by atoms with van der Waals surface area (Å²) in [5, 5.41) is 2.37. The summed E-state index contributed by atoms with van der Waals surface area (Å²) in [4.78, 5) is 2.56. The molecule has 0 spiro atoms. The monoisotopic (exact) mass is 621 g/mol. The first-order chi connectivity index (χ1) is 23.5. The number of anilines is 1. The van der Waals surface area contributed by atoms with Gasteiger partial charge >= 0.3 is 0 Å². The van der Waals surface area contributed by atoms with Crippen LogP contribution in [-0.2, 0) is 5.41 Å². The summed E-state index contributed by atoms with van der Waals surface area (Å²) in [6, 6.07) is 40.1. The zero-order valence-corrected chi connectivity index (χ0v) is 27.8. The molecule has 48 heavy (non-hydrogen) atoms. The summed E-state index contributed by atoms with van der Waals surface area (Å²) in [6.45, 7) is 6.88. The van der Waals surface area contributed by atoms with E-state index in [2.05, 4.69) is 165 Å². The van der Waals surface area contributed by atoms with Crippen LogP contribution in [0, 0.1) is 6.92 Å². The summed E-state index contributed by atoms with van der Waals surface area (Å²) >= 11 is 0. The van der Waals surface area contributed by atoms with Crippen LogP contribution in [0.1, 0.15) is 60.4 Å². The molecular weight excluding hydrogens is 583 g/mol. The van der Waals surface area contributed by atoms with Crippen LogP contribution < -0.4 is 4.90 Å². The Morgan fingerprint density at radius 2 is 1.48 bits per heavy atom. The van der Waals surface area contributed by atoms with E-state index >= 15 is 0 Å². The predicted octanol–water partition coefficient (Wildman–Crippen LogP) is 12.0. The summed E-state index contributed by atoms with van der Waals surface area (Å²) in [5.74, 6) is 0.253. The molecule has 0 amide bonds. The zero-order chi connectivity index (χ0) is 32.4. The topological polar surface area (TPSA) is 16.4 Å². The molecule has 0 N–H and O–H groups in total. The highest BCUT2D eigenvalue weighted by molar-refractivity contribution is 6.06. The molecule has 5 aromatic carbocycles. The van der Waals surface area contributed by atoms with Crippen molar-refractivity contribution in [3.63, 3.8) is 0 Å². The molecular formula is C46H39NO. The van der Waals surface area contributed by atoms with E-state index in [-0.39, 0.29) is 17.4 Å². The number of allylic oxidation sites excluding steroid dienone is 5. The second-order valence-electron chi connectivity index (χ2n) is 14.1. The van der Waals surface area contributed by atoms with Gasteiger partial charge in [0, 0.05) is 39.1 Å². The van der Waals surface area contributed by atoms with Crippen LogP contribution in [0.2, 0.25) is 0 Å². The molecule has 3 aliphatic rings. The van der Waals surface area contributed by atoms with E-state index in [4.69, 9.17) is 4.42 Å². The first-order valence-electron chi connectivity index (χ1n) is 17.2. The highest BCUT2D eigenvalue weighted by Crippen LogP contribution is 2.50. The largest absolute Gasteiger partial charge is 0.456 e. The fourth-order valence-corrected chi connectivity index (χ4v) is 8.21. The molecule has 2 nitrogen and oxygen atoms in total. The maximum Gasteiger partial charge on any atom is 0.139 e. The number of hydrogen-bond donors (Lipinski definition) is 0. The molecule has 2 unspecified atom stereocenters. The van der Waals surface area contributed by atoms with Crippen LogP contribution in [0.15, 0.2) is 156 Å². The van der Waals surface area contributed by atoms with Gasteiger partial charge < -0.3 is 9.32 Å². The summed E-state index contributed by atoms with van der Waals surface area (Å²) in [5.41, 5.74) is 15.0. The van der Waals surface area contributed by atoms with Gasteiger partial charge in [-0.25, -0.2) is 0 Å². The Morgan fingerprint density at radius 3 is 2.29 bits per heavy atom. The fourth-order valence-electron chi connectivity index (χ4n) is 8.21. The number of furan rings is 1. The Labute approximate surface area is 283 Å². The summed E-state index contributed by atoms with van der Waals surface area (Å²) < 4.78 is 6.44. The van der Waals surface area contributed by atoms with Gasteiger partial charge in [0.2, 0.25) is 0 Å². The number of para-hydroxylation sites is 2. The number of rotatable bonds is 5. The van der Waals surface area contributed by atoms with Gasteiger partial charge in [0.15, 0.2) is 0 Å². The number of aryl methyl sites for hydroxylation is 1. The van der Waals surface area contributed by atoms with E-state index in [1.807, 2.05) is 6.07 Å². The first kappa shape index (κ1) is 28.8. The number of fused-ring (bicyclic) bond motifs is 6. The maximum absolute atomic E-state index is 6.44. The lowest BCUT2D eigenvalue weighted by Crippen LogP contribution is -2.34. The van der Waals surface area contributed by atoms with Gasteiger partial charge in [0.1, 0.15) is 11.2 Å². The van der Waals surface area contributed by atoms with Gasteiger partial charge in [0.05, 0.1) is 6.04 Å². The number of benzene rings is 5. The molecule has 0 saturated heterocycles. The van der Waals surface area contributed by atoms with E-state index in [9.17, 15) is 0 Å². The Bertz CT molecular complexity index is 2340. The van der Waals surface area contributed by atoms with Gasteiger partial charge in [0.25, 0.3) is 0 Å². The number of hydrogen-bond acceptors (Lipinski definition) is 2. The molecule has 2 heteroatoms. The lowest BCUT2D eigenvalue weighted by molar-refractivity contribution is 0.656. The molecule has 0 saturated carbocycles. The van der Waals surface area contributed by atoms with Crippen LogP contribution in [0.25, 0.3) is 38.6 Å². The highest BCUT2D eigenvalue weighted by Gasteiger charge is 2.36. The van der Waals surface area contributed by atoms with Gasteiger partial charge in [-0.3, -0.25) is 0 Å². The second kappa shape index (κ2) is 11.1. The van der Waals surface area contributed by atoms with Gasteiger partial charge in [-0.1, -0.05) is 141 Å². The van der Waals surface area contributed by atoms with Gasteiger partial charge in [-0.15, -0.1) is 0 Å². The Balaban J connectivity index is 1.08. The minimum atomic E-state index is -0.0539. The zero-order valence-electron chi connectivity index (χ0n) is 27.8. The van der Waals surface area contributed by atoms with Crippen molar-refractivity contribution in [3.05, 3.63) is 179 Å². The molecule has 0 radical (unpaired) electrons. The first-order valence-corrected chi connectivity index (χ1v) is 17.2. The van der Waals surface area contributed by atoms with Crippen LogP contribution in [0.5, 0.6) is 0 Å². The van der Waals surface area contributed by atoms with Crippen molar-refractivity contribution in [2.24, 2.45) is 0 Å². The third-order valence-corrected chi connectivity index (χ3v) is 10.8. The number of nitrogens with zero attached hydrogens (tertiary/aromatic N) is 1. The minimum absolute atomic E-state index is 0.0539. The molecule has 3 aliphatic carbocycles. The smallest absolute Gasteiger partial charge is 0.139 e. The molecule has 2 atom stereocenters. The minimum Gasteiger partial charge on any atom is -0.456 e. The fraction of sp³-hybridized carbons (Fsp3) is 0.174. The van der Waals surface area contributed by atoms with Gasteiger partial charge in [-0.2, -0.15) is 0 Å². The van der Waals surface area contributed by atoms with Crippen LogP contribution in [-0.4, -0.2) is 6.04 Å². The molecule has 0 aliphatic heterocycles. The van der Waals surface area contributed by atoms with Crippen LogP contribution in [0.3, 0.4) is 0 Å². The average Bonchev–Trinajstić information content (AvgIpc) is 3.62. The van der Waals surface area contributed by atoms with Crippen LogP contribution in [0.4, 0.5) is 5.69 Å². The van der Waals surface area contributed by atoms with E-state index in [0.717, 1.165) is 24.0 Å². The second-order valence-corrected chi connectivity index (χ2v) is 14.1. The Kier molecular flexibility index (Phi) is 6.69. The molecule has 0 fully saturated rings. The van der Waals surface area contributed by atoms with E-state index in [1.54, 1.807) is 0 Å². The molecule has 1 heterocycles. The van der Waals surface area contributed by atoms with Crippen LogP contribution >= 0.6 is 0 Å². The van der Waals surface area contributed by atoms with E-state index in [1.165, 1.54) is 66.7 Å². The summed E-state index contributed by atoms with van der Waals surface area (Å²) in [6.07, 6.45) is 16.2. The van der Waals surface area contributed by atoms with E-state index < -0.39 is 0 Å². The standard InChI is InChI=1S/C46H39NO/c1-30-15-17-31(18-16-30)32-19-23-34(24-20-32)47(36-27-28-39-38-9-4-6-13-42(38)46(2,3)43(39)29-36)35-25-21-33(22-26-35)37-11-8-12-41-40-10-5-7-14-44(40)48-45(37)41/h4-21,23,25-29,33-34H,22,24H2,1-3H3. The third-order valence-electron chi connectivity index (χ3n) is 10.8. The molecule has 6 aromatic rings. The average molecular weight is 622 g/mol. The van der Waals surface area contributed by atoms with Crippen molar-refractivity contribution in [1.29, 1.82) is 0 Å². The lowest BCUT2D eigenvalue weighted by Gasteiger charge is -2.36. The summed E-state index contributed by atoms with van der Waals surface area (Å²) in [7, 11) is 0. The molecule has 1 aromatic heterocycles. The third kappa shape index (κ3) is 4.62. The van der Waals surface area contributed by atoms with Crippen molar-refractivity contribution in [2.45, 2.75) is 51.0 Å². The maximum atomic E-state index is 6.44. The van der Waals surface area contributed by atoms with Crippen molar-refractivity contribution >= 4 is 33.2 Å². The SMILES string of the molecule is Cc1ccc(C2=CCC(N(C3=CCC(c4cccc5c4oc4ccccc45)C=C3)c3ccc4c(c3)C(C)(C)c3ccccc3-4)C=C2)cc1. The molecule has 9 rings (SSSR count). The Hall–Kier alpha value is -5.34. The van der Waals surface area contributed by atoms with Crippen molar-refractivity contribution in [1.82, 2.24) is 0 Å². The van der Waals surface area contributed by atoms with Crippen molar-refractivity contribution < 1.29 is 4.42 Å². The Morgan fingerprint density at radius 1 is 0.688 bits per heavy atom. The van der Waals surface area contributed by atoms with E-state index in [0.29, 0.717) is 0 Å². The lowest BCUT2D eigenvalue weighted by atomic mass is 9.82. The van der Waals surface area contributed by atoms with Crippen molar-refractivity contribution in [2.75, 3.05) is 4.90 Å². The highest BCUT2D eigenvalue weighted by atomic mass is 16.3. The van der Waals surface area contributed by atoms with Gasteiger partial charge in [-0.05, 0) is 77.4 Å². The quantitative estimate of drug-likeness (QED) is 0.190. The van der Waals surface area contributed by atoms with Crippen molar-refractivity contribution in [3.8, 4) is 11.1 Å². The molecule has 234 valence electrons. The predicted molar refractivity (Wildman–Crippen MR) is 201 cm³/mol. The molecule has 0 bridgehead atoms. The normalized spacial score (nSPS) is 19.2.